The van der Waals surface area contributed by atoms with Gasteiger partial charge in [0.25, 0.3) is 5.91 Å². The number of carbonyl (C=O) groups excluding carboxylic acids is 2. The summed E-state index contributed by atoms with van der Waals surface area (Å²) in [6.07, 6.45) is 4.70. The van der Waals surface area contributed by atoms with Gasteiger partial charge < -0.3 is 10.6 Å². The molecule has 1 atom stereocenters. The van der Waals surface area contributed by atoms with Crippen molar-refractivity contribution in [3.05, 3.63) is 78.0 Å². The number of alkyl halides is 1. The summed E-state index contributed by atoms with van der Waals surface area (Å²) in [5.41, 5.74) is 0.730. The number of amides is 2. The highest BCUT2D eigenvalue weighted by atomic mass is 19.1. The summed E-state index contributed by atoms with van der Waals surface area (Å²) in [6.45, 7) is -0.0200. The molecular weight excluding hydrogens is 474 g/mol. The predicted molar refractivity (Wildman–Crippen MR) is 121 cm³/mol. The molecule has 2 amide bonds. The van der Waals surface area contributed by atoms with Gasteiger partial charge in [-0.05, 0) is 24.3 Å². The minimum Gasteiger partial charge on any atom is -0.345 e. The first-order valence-corrected chi connectivity index (χ1v) is 11.0. The van der Waals surface area contributed by atoms with Crippen LogP contribution in [0.1, 0.15) is 28.3 Å². The Labute approximate surface area is 203 Å². The average Bonchev–Trinajstić information content (AvgIpc) is 3.52. The topological polar surface area (TPSA) is 145 Å². The first-order chi connectivity index (χ1) is 17.5. The molecule has 0 saturated carbocycles. The van der Waals surface area contributed by atoms with Gasteiger partial charge in [0.15, 0.2) is 11.5 Å². The molecule has 14 heteroatoms. The molecule has 0 aliphatic carbocycles. The monoisotopic (exact) mass is 496 g/mol. The van der Waals surface area contributed by atoms with Gasteiger partial charge in [0, 0.05) is 31.1 Å². The van der Waals surface area contributed by atoms with Gasteiger partial charge in [-0.25, -0.2) is 13.5 Å². The molecule has 4 aromatic heterocycles. The number of halogens is 2. The van der Waals surface area contributed by atoms with E-state index in [9.17, 15) is 18.4 Å². The van der Waals surface area contributed by atoms with Crippen LogP contribution in [0.25, 0.3) is 0 Å². The molecule has 0 saturated heterocycles. The number of nitrogens with zero attached hydrogens (tertiary/aromatic N) is 8. The molecule has 0 bridgehead atoms. The smallest absolute Gasteiger partial charge is 0.273 e. The number of rotatable bonds is 11. The second-order valence-electron chi connectivity index (χ2n) is 7.74. The lowest BCUT2D eigenvalue weighted by molar-refractivity contribution is -0.115. The van der Waals surface area contributed by atoms with Crippen molar-refractivity contribution in [3.63, 3.8) is 0 Å². The Balaban J connectivity index is 1.20. The van der Waals surface area contributed by atoms with Crippen molar-refractivity contribution in [2.45, 2.75) is 38.6 Å². The molecule has 0 aliphatic rings. The van der Waals surface area contributed by atoms with E-state index in [2.05, 4.69) is 41.2 Å². The standard InChI is InChI=1S/C22H22F2N10O2/c23-15(12-34-14-20(30-32-34)28-21(35)10-16-4-1-2-7-25-16)6-9-33-13-19(29-31-33)22(36)27-11-18-17(24)5-3-8-26-18/h1-5,7-8,13-15H,6,9-12H2,(H,27,36)(H,28,35). The number of aryl methyl sites for hydroxylation is 1. The Morgan fingerprint density at radius 2 is 1.83 bits per heavy atom. The molecule has 2 N–H and O–H groups in total. The third kappa shape index (κ3) is 6.94. The first kappa shape index (κ1) is 24.5. The largest absolute Gasteiger partial charge is 0.345 e. The maximum atomic E-state index is 14.5. The summed E-state index contributed by atoms with van der Waals surface area (Å²) >= 11 is 0. The number of carbonyl (C=O) groups is 2. The molecule has 36 heavy (non-hydrogen) atoms. The molecule has 1 unspecified atom stereocenters. The van der Waals surface area contributed by atoms with Gasteiger partial charge in [-0.3, -0.25) is 24.2 Å². The Kier molecular flexibility index (Phi) is 7.95. The van der Waals surface area contributed by atoms with Crippen molar-refractivity contribution in [1.29, 1.82) is 0 Å². The molecule has 0 aliphatic heterocycles. The van der Waals surface area contributed by atoms with Crippen LogP contribution in [0.4, 0.5) is 14.6 Å². The average molecular weight is 496 g/mol. The highest BCUT2D eigenvalue weighted by molar-refractivity contribution is 5.91. The van der Waals surface area contributed by atoms with E-state index >= 15 is 0 Å². The quantitative estimate of drug-likeness (QED) is 0.316. The van der Waals surface area contributed by atoms with Crippen molar-refractivity contribution in [1.82, 2.24) is 45.3 Å². The first-order valence-electron chi connectivity index (χ1n) is 11.0. The third-order valence-corrected chi connectivity index (χ3v) is 4.95. The molecule has 4 heterocycles. The van der Waals surface area contributed by atoms with Crippen molar-refractivity contribution in [2.24, 2.45) is 0 Å². The molecule has 12 nitrogen and oxygen atoms in total. The fourth-order valence-electron chi connectivity index (χ4n) is 3.18. The Hall–Kier alpha value is -4.62. The summed E-state index contributed by atoms with van der Waals surface area (Å²) < 4.78 is 30.7. The van der Waals surface area contributed by atoms with Gasteiger partial charge in [-0.2, -0.15) is 0 Å². The van der Waals surface area contributed by atoms with Crippen LogP contribution in [0, 0.1) is 5.82 Å². The Bertz CT molecular complexity index is 1310. The third-order valence-electron chi connectivity index (χ3n) is 4.95. The van der Waals surface area contributed by atoms with Crippen LogP contribution in [-0.2, 0) is 30.8 Å². The van der Waals surface area contributed by atoms with Gasteiger partial charge in [0.2, 0.25) is 5.91 Å². The van der Waals surface area contributed by atoms with Crippen LogP contribution in [-0.4, -0.2) is 57.9 Å². The lowest BCUT2D eigenvalue weighted by Crippen LogP contribution is -2.24. The summed E-state index contributed by atoms with van der Waals surface area (Å²) in [4.78, 5) is 32.2. The van der Waals surface area contributed by atoms with Gasteiger partial charge in [0.1, 0.15) is 12.0 Å². The number of pyridine rings is 2. The number of aromatic nitrogens is 8. The van der Waals surface area contributed by atoms with Gasteiger partial charge in [-0.1, -0.05) is 16.5 Å². The SMILES string of the molecule is O=C(Cc1ccccn1)Nc1cn(CC(F)CCn2cc(C(=O)NCc3ncccc3F)nn2)nn1. The van der Waals surface area contributed by atoms with Crippen molar-refractivity contribution in [3.8, 4) is 0 Å². The minimum absolute atomic E-state index is 0.0177. The normalized spacial score (nSPS) is 11.7. The molecule has 4 aromatic rings. The van der Waals surface area contributed by atoms with Crippen molar-refractivity contribution in [2.75, 3.05) is 5.32 Å². The van der Waals surface area contributed by atoms with E-state index in [1.165, 1.54) is 40.1 Å². The van der Waals surface area contributed by atoms with Crippen molar-refractivity contribution < 1.29 is 18.4 Å². The van der Waals surface area contributed by atoms with E-state index in [1.54, 1.807) is 24.4 Å². The second-order valence-corrected chi connectivity index (χ2v) is 7.74. The van der Waals surface area contributed by atoms with Crippen LogP contribution in [0.2, 0.25) is 0 Å². The zero-order valence-electron chi connectivity index (χ0n) is 19.0. The van der Waals surface area contributed by atoms with Crippen molar-refractivity contribution >= 4 is 17.6 Å². The molecular formula is C22H22F2N10O2. The molecule has 4 rings (SSSR count). The summed E-state index contributed by atoms with van der Waals surface area (Å²) in [5.74, 6) is -1.18. The van der Waals surface area contributed by atoms with Gasteiger partial charge >= 0.3 is 0 Å². The van der Waals surface area contributed by atoms with E-state index < -0.39 is 17.9 Å². The number of anilines is 1. The molecule has 186 valence electrons. The van der Waals surface area contributed by atoms with Gasteiger partial charge in [-0.15, -0.1) is 10.2 Å². The number of hydrogen-bond acceptors (Lipinski definition) is 8. The van der Waals surface area contributed by atoms with Crippen LogP contribution >= 0.6 is 0 Å². The fraction of sp³-hybridized carbons (Fsp3) is 0.273. The summed E-state index contributed by atoms with van der Waals surface area (Å²) in [6, 6.07) is 7.98. The molecule has 0 radical (unpaired) electrons. The lowest BCUT2D eigenvalue weighted by atomic mass is 10.2. The maximum absolute atomic E-state index is 14.5. The summed E-state index contributed by atoms with van der Waals surface area (Å²) in [7, 11) is 0. The maximum Gasteiger partial charge on any atom is 0.273 e. The fourth-order valence-corrected chi connectivity index (χ4v) is 3.18. The second kappa shape index (κ2) is 11.7. The highest BCUT2D eigenvalue weighted by Crippen LogP contribution is 2.08. The molecule has 0 fully saturated rings. The van der Waals surface area contributed by atoms with E-state index in [0.29, 0.717) is 5.69 Å². The Morgan fingerprint density at radius 1 is 1.00 bits per heavy atom. The van der Waals surface area contributed by atoms with E-state index in [0.717, 1.165) is 0 Å². The van der Waals surface area contributed by atoms with Crippen LogP contribution < -0.4 is 10.6 Å². The minimum atomic E-state index is -1.29. The zero-order valence-corrected chi connectivity index (χ0v) is 19.0. The number of hydrogen-bond donors (Lipinski definition) is 2. The van der Waals surface area contributed by atoms with E-state index in [4.69, 9.17) is 0 Å². The summed E-state index contributed by atoms with van der Waals surface area (Å²) in [5, 5.41) is 20.4. The van der Waals surface area contributed by atoms with Crippen LogP contribution in [0.15, 0.2) is 55.1 Å². The zero-order chi connectivity index (χ0) is 25.3. The molecule has 0 spiro atoms. The lowest BCUT2D eigenvalue weighted by Gasteiger charge is -2.07. The van der Waals surface area contributed by atoms with E-state index in [1.807, 2.05) is 0 Å². The van der Waals surface area contributed by atoms with E-state index in [-0.39, 0.29) is 55.6 Å². The van der Waals surface area contributed by atoms with Gasteiger partial charge in [0.05, 0.1) is 37.6 Å². The predicted octanol–water partition coefficient (Wildman–Crippen LogP) is 1.34. The van der Waals surface area contributed by atoms with Crippen LogP contribution in [0.3, 0.4) is 0 Å². The van der Waals surface area contributed by atoms with Crippen LogP contribution in [0.5, 0.6) is 0 Å². The number of nitrogens with one attached hydrogen (secondary N) is 2. The highest BCUT2D eigenvalue weighted by Gasteiger charge is 2.15. The molecule has 0 aromatic carbocycles. The Morgan fingerprint density at radius 3 is 2.64 bits per heavy atom.